The van der Waals surface area contributed by atoms with E-state index in [-0.39, 0.29) is 11.9 Å². The highest BCUT2D eigenvalue weighted by Gasteiger charge is 2.16. The van der Waals surface area contributed by atoms with Gasteiger partial charge in [-0.15, -0.1) is 11.8 Å². The Bertz CT molecular complexity index is 894. The fourth-order valence-electron chi connectivity index (χ4n) is 2.78. The quantitative estimate of drug-likeness (QED) is 0.633. The minimum atomic E-state index is -0.123. The van der Waals surface area contributed by atoms with Gasteiger partial charge in [-0.25, -0.2) is 4.68 Å². The van der Waals surface area contributed by atoms with Crippen molar-refractivity contribution in [1.82, 2.24) is 20.1 Å². The zero-order valence-corrected chi connectivity index (χ0v) is 16.4. The van der Waals surface area contributed by atoms with E-state index in [4.69, 9.17) is 4.74 Å². The summed E-state index contributed by atoms with van der Waals surface area (Å²) in [5, 5.41) is 7.52. The highest BCUT2D eigenvalue weighted by atomic mass is 32.2. The molecule has 0 aliphatic heterocycles. The van der Waals surface area contributed by atoms with E-state index in [0.29, 0.717) is 5.75 Å². The first-order chi connectivity index (χ1) is 13.1. The molecule has 1 N–H and O–H groups in total. The first kappa shape index (κ1) is 19.0. The van der Waals surface area contributed by atoms with Crippen molar-refractivity contribution in [2.45, 2.75) is 24.8 Å². The number of nitrogens with zero attached hydrogens (tertiary/aromatic N) is 3. The summed E-state index contributed by atoms with van der Waals surface area (Å²) in [6.07, 6.45) is 5.25. The number of thioether (sulfide) groups is 1. The number of carbonyl (C=O) groups excluding carboxylic acids is 1. The van der Waals surface area contributed by atoms with E-state index in [9.17, 15) is 4.79 Å². The van der Waals surface area contributed by atoms with Gasteiger partial charge in [0.25, 0.3) is 0 Å². The second-order valence-corrected chi connectivity index (χ2v) is 7.10. The van der Waals surface area contributed by atoms with Gasteiger partial charge >= 0.3 is 0 Å². The number of ether oxygens (including phenoxy) is 1. The highest BCUT2D eigenvalue weighted by Crippen LogP contribution is 2.22. The third-order valence-electron chi connectivity index (χ3n) is 4.23. The Morgan fingerprint density at radius 2 is 1.93 bits per heavy atom. The number of rotatable bonds is 7. The first-order valence-corrected chi connectivity index (χ1v) is 9.58. The molecule has 0 radical (unpaired) electrons. The molecule has 0 aliphatic carbocycles. The van der Waals surface area contributed by atoms with E-state index in [2.05, 4.69) is 15.4 Å². The Hall–Kier alpha value is -2.80. The molecule has 3 aromatic rings. The van der Waals surface area contributed by atoms with Crippen LogP contribution in [0.4, 0.5) is 0 Å². The van der Waals surface area contributed by atoms with Gasteiger partial charge in [-0.1, -0.05) is 0 Å². The van der Waals surface area contributed by atoms with Gasteiger partial charge < -0.3 is 10.1 Å². The lowest BCUT2D eigenvalue weighted by Gasteiger charge is -2.14. The van der Waals surface area contributed by atoms with Crippen LogP contribution in [0.1, 0.15) is 24.2 Å². The number of hydrogen-bond acceptors (Lipinski definition) is 5. The van der Waals surface area contributed by atoms with Gasteiger partial charge in [0.2, 0.25) is 5.91 Å². The molecule has 6 nitrogen and oxygen atoms in total. The molecule has 0 spiro atoms. The van der Waals surface area contributed by atoms with Gasteiger partial charge in [-0.05, 0) is 50.2 Å². The highest BCUT2D eigenvalue weighted by molar-refractivity contribution is 8.00. The molecule has 7 heteroatoms. The summed E-state index contributed by atoms with van der Waals surface area (Å²) in [5.74, 6) is 1.15. The topological polar surface area (TPSA) is 69.0 Å². The summed E-state index contributed by atoms with van der Waals surface area (Å²) in [5.41, 5.74) is 2.94. The molecule has 27 heavy (non-hydrogen) atoms. The maximum absolute atomic E-state index is 12.3. The summed E-state index contributed by atoms with van der Waals surface area (Å²) >= 11 is 1.49. The average Bonchev–Trinajstić information content (AvgIpc) is 3.09. The molecule has 0 bridgehead atoms. The van der Waals surface area contributed by atoms with Crippen molar-refractivity contribution >= 4 is 17.7 Å². The predicted molar refractivity (Wildman–Crippen MR) is 106 cm³/mol. The largest absolute Gasteiger partial charge is 0.497 e. The molecule has 1 atom stereocenters. The molecule has 1 amide bonds. The van der Waals surface area contributed by atoms with Crippen LogP contribution in [0.5, 0.6) is 5.75 Å². The molecule has 2 aromatic heterocycles. The van der Waals surface area contributed by atoms with Gasteiger partial charge in [0, 0.05) is 28.5 Å². The van der Waals surface area contributed by atoms with Crippen LogP contribution in [-0.2, 0) is 4.79 Å². The van der Waals surface area contributed by atoms with E-state index in [1.807, 2.05) is 54.9 Å². The van der Waals surface area contributed by atoms with Crippen LogP contribution in [0.3, 0.4) is 0 Å². The zero-order valence-electron chi connectivity index (χ0n) is 15.5. The fraction of sp³-hybridized carbons (Fsp3) is 0.250. The zero-order chi connectivity index (χ0) is 19.2. The maximum Gasteiger partial charge on any atom is 0.230 e. The van der Waals surface area contributed by atoms with Crippen molar-refractivity contribution in [3.8, 4) is 11.4 Å². The van der Waals surface area contributed by atoms with Crippen LogP contribution < -0.4 is 10.1 Å². The normalized spacial score (nSPS) is 11.8. The van der Waals surface area contributed by atoms with Crippen LogP contribution >= 0.6 is 11.8 Å². The smallest absolute Gasteiger partial charge is 0.230 e. The summed E-state index contributed by atoms with van der Waals surface area (Å²) in [4.78, 5) is 17.3. The fourth-order valence-corrected chi connectivity index (χ4v) is 3.47. The molecule has 3 rings (SSSR count). The molecule has 0 saturated carbocycles. The number of amides is 1. The Morgan fingerprint density at radius 3 is 2.59 bits per heavy atom. The third-order valence-corrected chi connectivity index (χ3v) is 5.24. The lowest BCUT2D eigenvalue weighted by atomic mass is 10.1. The van der Waals surface area contributed by atoms with Crippen molar-refractivity contribution in [1.29, 1.82) is 0 Å². The Balaban J connectivity index is 1.63. The van der Waals surface area contributed by atoms with Gasteiger partial charge in [0.15, 0.2) is 0 Å². The lowest BCUT2D eigenvalue weighted by molar-refractivity contribution is -0.119. The number of benzene rings is 1. The van der Waals surface area contributed by atoms with Crippen LogP contribution in [0.25, 0.3) is 5.69 Å². The second-order valence-electron chi connectivity index (χ2n) is 6.06. The van der Waals surface area contributed by atoms with Crippen LogP contribution in [0.15, 0.2) is 59.9 Å². The lowest BCUT2D eigenvalue weighted by Crippen LogP contribution is -2.28. The predicted octanol–water partition coefficient (Wildman–Crippen LogP) is 3.55. The van der Waals surface area contributed by atoms with Gasteiger partial charge in [0.05, 0.1) is 30.8 Å². The van der Waals surface area contributed by atoms with Crippen molar-refractivity contribution in [2.24, 2.45) is 0 Å². The molecule has 0 fully saturated rings. The molecular formula is C20H22N4O2S. The van der Waals surface area contributed by atoms with Crippen LogP contribution in [-0.4, -0.2) is 33.5 Å². The SMILES string of the molecule is COc1ccc(-n2ncc([C@H](C)NC(=O)CSc3ccncc3)c2C)cc1. The average molecular weight is 382 g/mol. The molecule has 0 aliphatic rings. The molecule has 2 heterocycles. The molecule has 0 saturated heterocycles. The summed E-state index contributed by atoms with van der Waals surface area (Å²) in [6.45, 7) is 3.97. The van der Waals surface area contributed by atoms with E-state index in [0.717, 1.165) is 27.6 Å². The monoisotopic (exact) mass is 382 g/mol. The van der Waals surface area contributed by atoms with Crippen molar-refractivity contribution in [2.75, 3.05) is 12.9 Å². The van der Waals surface area contributed by atoms with E-state index in [1.165, 1.54) is 11.8 Å². The van der Waals surface area contributed by atoms with E-state index >= 15 is 0 Å². The standard InChI is InChI=1S/C20H22N4O2S/c1-14(23-20(25)13-27-18-8-10-21-11-9-18)19-12-22-24(15(19)2)16-4-6-17(26-3)7-5-16/h4-12,14H,13H2,1-3H3,(H,23,25)/t14-/m0/s1. The number of pyridine rings is 1. The molecule has 1 aromatic carbocycles. The van der Waals surface area contributed by atoms with Gasteiger partial charge in [-0.2, -0.15) is 5.10 Å². The molecule has 0 unspecified atom stereocenters. The maximum atomic E-state index is 12.3. The van der Waals surface area contributed by atoms with Gasteiger partial charge in [0.1, 0.15) is 5.75 Å². The molecular weight excluding hydrogens is 360 g/mol. The van der Waals surface area contributed by atoms with E-state index < -0.39 is 0 Å². The number of nitrogens with one attached hydrogen (secondary N) is 1. The summed E-state index contributed by atoms with van der Waals surface area (Å²) in [7, 11) is 1.64. The van der Waals surface area contributed by atoms with Crippen molar-refractivity contribution in [3.05, 3.63) is 66.2 Å². The van der Waals surface area contributed by atoms with Crippen molar-refractivity contribution in [3.63, 3.8) is 0 Å². The first-order valence-electron chi connectivity index (χ1n) is 8.59. The summed E-state index contributed by atoms with van der Waals surface area (Å²) in [6, 6.07) is 11.4. The third kappa shape index (κ3) is 4.68. The van der Waals surface area contributed by atoms with Gasteiger partial charge in [-0.3, -0.25) is 9.78 Å². The van der Waals surface area contributed by atoms with E-state index in [1.54, 1.807) is 25.7 Å². The number of methoxy groups -OCH3 is 1. The number of aromatic nitrogens is 3. The van der Waals surface area contributed by atoms with Crippen LogP contribution in [0.2, 0.25) is 0 Å². The van der Waals surface area contributed by atoms with Crippen molar-refractivity contribution < 1.29 is 9.53 Å². The Kier molecular flexibility index (Phi) is 6.13. The Morgan fingerprint density at radius 1 is 1.22 bits per heavy atom. The summed E-state index contributed by atoms with van der Waals surface area (Å²) < 4.78 is 7.06. The minimum absolute atomic E-state index is 0.0130. The number of carbonyl (C=O) groups is 1. The molecule has 140 valence electrons. The second kappa shape index (κ2) is 8.73. The van der Waals surface area contributed by atoms with Crippen LogP contribution in [0, 0.1) is 6.92 Å². The Labute approximate surface area is 163 Å². The minimum Gasteiger partial charge on any atom is -0.497 e. The number of hydrogen-bond donors (Lipinski definition) is 1.